The summed E-state index contributed by atoms with van der Waals surface area (Å²) >= 11 is 15.1. The summed E-state index contributed by atoms with van der Waals surface area (Å²) in [6.45, 7) is 2.04. The second kappa shape index (κ2) is 12.4. The number of carbonyl (C=O) groups is 3. The van der Waals surface area contributed by atoms with Gasteiger partial charge >= 0.3 is 0 Å². The highest BCUT2D eigenvalue weighted by molar-refractivity contribution is 9.10. The molecule has 0 spiro atoms. The first-order valence-corrected chi connectivity index (χ1v) is 10.7. The fourth-order valence-electron chi connectivity index (χ4n) is 2.29. The largest absolute Gasteiger partial charge is 0.494 e. The van der Waals surface area contributed by atoms with Crippen molar-refractivity contribution < 1.29 is 23.9 Å². The summed E-state index contributed by atoms with van der Waals surface area (Å²) in [6.07, 6.45) is -0.169. The molecule has 0 aromatic heterocycles. The molecule has 8 nitrogen and oxygen atoms in total. The van der Waals surface area contributed by atoms with Crippen LogP contribution in [-0.4, -0.2) is 30.9 Å². The molecule has 2 rings (SSSR count). The van der Waals surface area contributed by atoms with Crippen molar-refractivity contribution in [3.05, 3.63) is 50.9 Å². The van der Waals surface area contributed by atoms with Gasteiger partial charge in [0.1, 0.15) is 5.75 Å². The molecule has 0 heterocycles. The van der Waals surface area contributed by atoms with Crippen LogP contribution in [-0.2, 0) is 14.4 Å². The lowest BCUT2D eigenvalue weighted by Crippen LogP contribution is -2.44. The van der Waals surface area contributed by atoms with Crippen LogP contribution in [0.2, 0.25) is 10.0 Å². The van der Waals surface area contributed by atoms with E-state index >= 15 is 0 Å². The van der Waals surface area contributed by atoms with Gasteiger partial charge in [-0.15, -0.1) is 0 Å². The SMILES string of the molecule is CCOc1ccc(NC(=O)CCC(=O)NNC(=O)COc2c(Cl)cc(Cl)cc2Br)cc1. The number of halogens is 3. The van der Waals surface area contributed by atoms with Crippen molar-refractivity contribution in [3.8, 4) is 11.5 Å². The third-order valence-electron chi connectivity index (χ3n) is 3.68. The van der Waals surface area contributed by atoms with E-state index < -0.39 is 18.4 Å². The average Bonchev–Trinajstić information content (AvgIpc) is 2.71. The lowest BCUT2D eigenvalue weighted by Gasteiger charge is -2.11. The Morgan fingerprint density at radius 1 is 0.935 bits per heavy atom. The number of anilines is 1. The van der Waals surface area contributed by atoms with E-state index in [1.165, 1.54) is 6.07 Å². The number of amides is 3. The van der Waals surface area contributed by atoms with Crippen LogP contribution < -0.4 is 25.6 Å². The van der Waals surface area contributed by atoms with E-state index in [0.29, 0.717) is 27.5 Å². The molecule has 0 radical (unpaired) electrons. The Morgan fingerprint density at radius 3 is 2.23 bits per heavy atom. The molecule has 0 saturated carbocycles. The molecule has 0 unspecified atom stereocenters. The first kappa shape index (κ1) is 24.8. The molecule has 0 bridgehead atoms. The summed E-state index contributed by atoms with van der Waals surface area (Å²) in [5.41, 5.74) is 5.01. The molecule has 0 aliphatic carbocycles. The number of hydrazine groups is 1. The maximum atomic E-state index is 12.0. The first-order valence-electron chi connectivity index (χ1n) is 9.16. The third kappa shape index (κ3) is 8.64. The van der Waals surface area contributed by atoms with Gasteiger partial charge in [-0.25, -0.2) is 0 Å². The summed E-state index contributed by atoms with van der Waals surface area (Å²) in [5.74, 6) is -0.522. The number of hydrogen-bond donors (Lipinski definition) is 3. The van der Waals surface area contributed by atoms with E-state index in [0.717, 1.165) is 0 Å². The van der Waals surface area contributed by atoms with Crippen LogP contribution in [0.4, 0.5) is 5.69 Å². The zero-order valence-electron chi connectivity index (χ0n) is 16.5. The van der Waals surface area contributed by atoms with E-state index in [1.807, 2.05) is 6.92 Å². The van der Waals surface area contributed by atoms with Crippen molar-refractivity contribution in [2.75, 3.05) is 18.5 Å². The van der Waals surface area contributed by atoms with Gasteiger partial charge in [0.25, 0.3) is 5.91 Å². The molecule has 2 aromatic rings. The lowest BCUT2D eigenvalue weighted by molar-refractivity contribution is -0.130. The fraction of sp³-hybridized carbons (Fsp3) is 0.250. The van der Waals surface area contributed by atoms with Gasteiger partial charge in [-0.3, -0.25) is 25.2 Å². The minimum Gasteiger partial charge on any atom is -0.494 e. The number of benzene rings is 2. The van der Waals surface area contributed by atoms with Crippen LogP contribution in [0.25, 0.3) is 0 Å². The predicted molar refractivity (Wildman–Crippen MR) is 121 cm³/mol. The summed E-state index contributed by atoms with van der Waals surface area (Å²) < 4.78 is 11.1. The smallest absolute Gasteiger partial charge is 0.276 e. The zero-order valence-corrected chi connectivity index (χ0v) is 19.6. The molecule has 31 heavy (non-hydrogen) atoms. The molecule has 166 valence electrons. The Balaban J connectivity index is 1.68. The quantitative estimate of drug-likeness (QED) is 0.421. The second-order valence-electron chi connectivity index (χ2n) is 6.09. The summed E-state index contributed by atoms with van der Waals surface area (Å²) in [5, 5.41) is 3.32. The zero-order chi connectivity index (χ0) is 22.8. The molecule has 3 N–H and O–H groups in total. The maximum absolute atomic E-state index is 12.0. The minimum atomic E-state index is -0.606. The van der Waals surface area contributed by atoms with Gasteiger partial charge in [-0.05, 0) is 59.3 Å². The standard InChI is InChI=1S/C20H20BrCl2N3O5/c1-2-30-14-5-3-13(4-6-14)24-17(27)7-8-18(28)25-26-19(29)11-31-20-15(21)9-12(22)10-16(20)23/h3-6,9-10H,2,7-8,11H2,1H3,(H,24,27)(H,25,28)(H,26,29). The van der Waals surface area contributed by atoms with Crippen molar-refractivity contribution in [3.63, 3.8) is 0 Å². The highest BCUT2D eigenvalue weighted by atomic mass is 79.9. The second-order valence-corrected chi connectivity index (χ2v) is 7.79. The van der Waals surface area contributed by atoms with Gasteiger partial charge in [0.05, 0.1) is 16.1 Å². The van der Waals surface area contributed by atoms with Crippen molar-refractivity contribution in [1.82, 2.24) is 10.9 Å². The lowest BCUT2D eigenvalue weighted by atomic mass is 10.2. The Kier molecular flexibility index (Phi) is 9.90. The normalized spacial score (nSPS) is 10.2. The molecule has 0 aliphatic rings. The van der Waals surface area contributed by atoms with Crippen molar-refractivity contribution in [2.45, 2.75) is 19.8 Å². The molecule has 0 atom stereocenters. The summed E-state index contributed by atoms with van der Waals surface area (Å²) in [7, 11) is 0. The van der Waals surface area contributed by atoms with Crippen LogP contribution in [0.15, 0.2) is 40.9 Å². The molecular weight excluding hydrogens is 513 g/mol. The topological polar surface area (TPSA) is 106 Å². The number of ether oxygens (including phenoxy) is 2. The molecule has 3 amide bonds. The molecule has 0 aliphatic heterocycles. The number of hydrogen-bond acceptors (Lipinski definition) is 5. The van der Waals surface area contributed by atoms with E-state index in [4.69, 9.17) is 32.7 Å². The maximum Gasteiger partial charge on any atom is 0.276 e. The van der Waals surface area contributed by atoms with E-state index in [9.17, 15) is 14.4 Å². The highest BCUT2D eigenvalue weighted by Gasteiger charge is 2.12. The Morgan fingerprint density at radius 2 is 1.58 bits per heavy atom. The molecule has 0 saturated heterocycles. The average molecular weight is 533 g/mol. The minimum absolute atomic E-state index is 0.0568. The van der Waals surface area contributed by atoms with E-state index in [2.05, 4.69) is 32.1 Å². The van der Waals surface area contributed by atoms with Crippen LogP contribution in [0, 0.1) is 0 Å². The van der Waals surface area contributed by atoms with Crippen molar-refractivity contribution in [2.24, 2.45) is 0 Å². The van der Waals surface area contributed by atoms with Gasteiger partial charge in [-0.2, -0.15) is 0 Å². The van der Waals surface area contributed by atoms with Crippen molar-refractivity contribution >= 4 is 62.5 Å². The first-order chi connectivity index (χ1) is 14.8. The third-order valence-corrected chi connectivity index (χ3v) is 4.77. The van der Waals surface area contributed by atoms with Crippen LogP contribution >= 0.6 is 39.1 Å². The fourth-order valence-corrected chi connectivity index (χ4v) is 3.66. The van der Waals surface area contributed by atoms with Crippen molar-refractivity contribution in [1.29, 1.82) is 0 Å². The number of nitrogens with one attached hydrogen (secondary N) is 3. The van der Waals surface area contributed by atoms with Gasteiger partial charge in [0.2, 0.25) is 11.8 Å². The number of carbonyl (C=O) groups excluding carboxylic acids is 3. The predicted octanol–water partition coefficient (Wildman–Crippen LogP) is 4.10. The molecular formula is C20H20BrCl2N3O5. The Labute approximate surface area is 197 Å². The molecule has 2 aromatic carbocycles. The van der Waals surface area contributed by atoms with Crippen LogP contribution in [0.1, 0.15) is 19.8 Å². The molecule has 11 heteroatoms. The Hall–Kier alpha value is -2.49. The monoisotopic (exact) mass is 531 g/mol. The Bertz CT molecular complexity index is 918. The van der Waals surface area contributed by atoms with Gasteiger partial charge in [0.15, 0.2) is 12.4 Å². The van der Waals surface area contributed by atoms with E-state index in [1.54, 1.807) is 30.3 Å². The van der Waals surface area contributed by atoms with Crippen LogP contribution in [0.3, 0.4) is 0 Å². The molecule has 0 fully saturated rings. The summed E-state index contributed by atoms with van der Waals surface area (Å²) in [6, 6.07) is 9.92. The highest BCUT2D eigenvalue weighted by Crippen LogP contribution is 2.35. The van der Waals surface area contributed by atoms with Gasteiger partial charge < -0.3 is 14.8 Å². The van der Waals surface area contributed by atoms with E-state index in [-0.39, 0.29) is 29.5 Å². The number of rotatable bonds is 9. The van der Waals surface area contributed by atoms with Crippen LogP contribution in [0.5, 0.6) is 11.5 Å². The van der Waals surface area contributed by atoms with Gasteiger partial charge in [0, 0.05) is 23.6 Å². The summed E-state index contributed by atoms with van der Waals surface area (Å²) in [4.78, 5) is 35.6. The van der Waals surface area contributed by atoms with Gasteiger partial charge in [-0.1, -0.05) is 23.2 Å².